The molecule has 0 aromatic heterocycles. The van der Waals surface area contributed by atoms with Crippen molar-refractivity contribution in [3.8, 4) is 0 Å². The first-order valence-electron chi connectivity index (χ1n) is 11.9. The molecule has 9 heteroatoms. The van der Waals surface area contributed by atoms with Gasteiger partial charge in [-0.2, -0.15) is 0 Å². The van der Waals surface area contributed by atoms with Gasteiger partial charge in [-0.1, -0.05) is 53.6 Å². The lowest BCUT2D eigenvalue weighted by Gasteiger charge is -2.32. The Morgan fingerprint density at radius 3 is 2.08 bits per heavy atom. The van der Waals surface area contributed by atoms with Crippen molar-refractivity contribution in [1.82, 2.24) is 10.2 Å². The molecule has 3 rings (SSSR count). The molecule has 0 radical (unpaired) electrons. The van der Waals surface area contributed by atoms with E-state index in [2.05, 4.69) is 5.32 Å². The lowest BCUT2D eigenvalue weighted by atomic mass is 10.1. The number of nitrogens with zero attached hydrogens (tertiary/aromatic N) is 2. The van der Waals surface area contributed by atoms with Gasteiger partial charge in [-0.25, -0.2) is 8.42 Å². The van der Waals surface area contributed by atoms with Crippen molar-refractivity contribution in [2.24, 2.45) is 0 Å². The molecule has 37 heavy (non-hydrogen) atoms. The predicted octanol–water partition coefficient (Wildman–Crippen LogP) is 4.62. The van der Waals surface area contributed by atoms with Gasteiger partial charge in [0.2, 0.25) is 11.8 Å². The number of sulfonamides is 1. The average Bonchev–Trinajstić information content (AvgIpc) is 2.85. The third-order valence-corrected chi connectivity index (χ3v) is 8.25. The number of rotatable bonds is 9. The normalized spacial score (nSPS) is 12.1. The fourth-order valence-corrected chi connectivity index (χ4v) is 5.66. The first kappa shape index (κ1) is 28.2. The number of hydrogen-bond donors (Lipinski definition) is 1. The molecular formula is C28H32ClN3O4S. The second kappa shape index (κ2) is 11.8. The number of hydrogen-bond acceptors (Lipinski definition) is 4. The van der Waals surface area contributed by atoms with Crippen molar-refractivity contribution in [3.05, 3.63) is 94.0 Å². The molecule has 1 atom stereocenters. The minimum absolute atomic E-state index is 0.0400. The molecule has 0 fully saturated rings. The number of aryl methyl sites for hydroxylation is 3. The van der Waals surface area contributed by atoms with Gasteiger partial charge in [0, 0.05) is 18.6 Å². The summed E-state index contributed by atoms with van der Waals surface area (Å²) in [5.74, 6) is -0.911. The zero-order chi connectivity index (χ0) is 27.3. The van der Waals surface area contributed by atoms with Crippen LogP contribution in [0, 0.1) is 20.8 Å². The van der Waals surface area contributed by atoms with E-state index in [1.165, 1.54) is 24.1 Å². The van der Waals surface area contributed by atoms with Crippen molar-refractivity contribution in [1.29, 1.82) is 0 Å². The van der Waals surface area contributed by atoms with E-state index in [-0.39, 0.29) is 17.3 Å². The van der Waals surface area contributed by atoms with Gasteiger partial charge in [-0.15, -0.1) is 0 Å². The quantitative estimate of drug-likeness (QED) is 0.428. The fourth-order valence-electron chi connectivity index (χ4n) is 4.06. The minimum atomic E-state index is -4.11. The molecule has 0 unspecified atom stereocenters. The third kappa shape index (κ3) is 6.70. The Kier molecular flexibility index (Phi) is 8.99. The summed E-state index contributed by atoms with van der Waals surface area (Å²) in [6.07, 6.45) is 0. The Bertz CT molecular complexity index is 1370. The molecule has 0 aliphatic heterocycles. The van der Waals surface area contributed by atoms with E-state index < -0.39 is 28.5 Å². The third-order valence-electron chi connectivity index (χ3n) is 6.09. The summed E-state index contributed by atoms with van der Waals surface area (Å²) in [6.45, 7) is 6.75. The molecule has 0 aliphatic carbocycles. The van der Waals surface area contributed by atoms with Crippen LogP contribution in [0.4, 0.5) is 5.69 Å². The molecule has 1 N–H and O–H groups in total. The van der Waals surface area contributed by atoms with Crippen LogP contribution in [-0.4, -0.2) is 44.8 Å². The Balaban J connectivity index is 2.08. The number of carbonyl (C=O) groups excluding carboxylic acids is 2. The van der Waals surface area contributed by atoms with Crippen LogP contribution in [0.2, 0.25) is 5.02 Å². The number of carbonyl (C=O) groups is 2. The van der Waals surface area contributed by atoms with E-state index in [1.54, 1.807) is 55.5 Å². The van der Waals surface area contributed by atoms with Gasteiger partial charge in [-0.3, -0.25) is 13.9 Å². The average molecular weight is 542 g/mol. The largest absolute Gasteiger partial charge is 0.357 e. The highest BCUT2D eigenvalue weighted by molar-refractivity contribution is 7.92. The highest BCUT2D eigenvalue weighted by atomic mass is 35.5. The number of benzene rings is 3. The monoisotopic (exact) mass is 541 g/mol. The molecule has 2 amide bonds. The Hall–Kier alpha value is -3.36. The maximum atomic E-state index is 13.9. The fraction of sp³-hybridized carbons (Fsp3) is 0.286. The zero-order valence-corrected chi connectivity index (χ0v) is 23.2. The second-order valence-electron chi connectivity index (χ2n) is 9.07. The lowest BCUT2D eigenvalue weighted by Crippen LogP contribution is -2.50. The Morgan fingerprint density at radius 1 is 0.919 bits per heavy atom. The molecule has 196 valence electrons. The summed E-state index contributed by atoms with van der Waals surface area (Å²) in [5.41, 5.74) is 3.65. The van der Waals surface area contributed by atoms with Gasteiger partial charge in [0.1, 0.15) is 12.6 Å². The molecule has 0 saturated heterocycles. The van der Waals surface area contributed by atoms with E-state index in [0.29, 0.717) is 16.3 Å². The molecule has 3 aromatic rings. The molecule has 0 heterocycles. The molecule has 0 spiro atoms. The van der Waals surface area contributed by atoms with E-state index in [9.17, 15) is 18.0 Å². The molecule has 0 aliphatic rings. The van der Waals surface area contributed by atoms with E-state index >= 15 is 0 Å². The molecule has 3 aromatic carbocycles. The van der Waals surface area contributed by atoms with Gasteiger partial charge < -0.3 is 10.2 Å². The van der Waals surface area contributed by atoms with Gasteiger partial charge >= 0.3 is 0 Å². The highest BCUT2D eigenvalue weighted by Gasteiger charge is 2.32. The smallest absolute Gasteiger partial charge is 0.264 e. The number of amides is 2. The summed E-state index contributed by atoms with van der Waals surface area (Å²) < 4.78 is 28.8. The maximum Gasteiger partial charge on any atom is 0.264 e. The predicted molar refractivity (Wildman–Crippen MR) is 147 cm³/mol. The summed E-state index contributed by atoms with van der Waals surface area (Å²) >= 11 is 6.35. The second-order valence-corrected chi connectivity index (χ2v) is 11.3. The summed E-state index contributed by atoms with van der Waals surface area (Å²) in [4.78, 5) is 27.8. The number of halogens is 1. The molecule has 0 saturated carbocycles. The van der Waals surface area contributed by atoms with Crippen LogP contribution in [-0.2, 0) is 26.2 Å². The van der Waals surface area contributed by atoms with Crippen LogP contribution in [0.5, 0.6) is 0 Å². The van der Waals surface area contributed by atoms with Crippen molar-refractivity contribution >= 4 is 39.1 Å². The minimum Gasteiger partial charge on any atom is -0.357 e. The van der Waals surface area contributed by atoms with Crippen molar-refractivity contribution in [2.75, 3.05) is 17.9 Å². The van der Waals surface area contributed by atoms with Crippen LogP contribution in [0.15, 0.2) is 71.6 Å². The van der Waals surface area contributed by atoms with Crippen LogP contribution in [0.1, 0.15) is 29.2 Å². The topological polar surface area (TPSA) is 86.8 Å². The summed E-state index contributed by atoms with van der Waals surface area (Å²) in [6, 6.07) is 18.0. The number of anilines is 1. The van der Waals surface area contributed by atoms with Gasteiger partial charge in [-0.05, 0) is 74.7 Å². The Labute approximate surface area is 224 Å². The molecular weight excluding hydrogens is 510 g/mol. The molecule has 0 bridgehead atoms. The van der Waals surface area contributed by atoms with E-state index in [4.69, 9.17) is 11.6 Å². The SMILES string of the molecule is CNC(=O)[C@H](C)N(Cc1ccccc1Cl)C(=O)CN(c1cc(C)cc(C)c1)S(=O)(=O)c1ccc(C)cc1. The zero-order valence-electron chi connectivity index (χ0n) is 21.7. The van der Waals surface area contributed by atoms with Crippen LogP contribution < -0.4 is 9.62 Å². The maximum absolute atomic E-state index is 13.9. The van der Waals surface area contributed by atoms with Crippen LogP contribution in [0.3, 0.4) is 0 Å². The van der Waals surface area contributed by atoms with Crippen molar-refractivity contribution in [2.45, 2.75) is 45.2 Å². The molecule has 7 nitrogen and oxygen atoms in total. The van der Waals surface area contributed by atoms with E-state index in [1.807, 2.05) is 26.8 Å². The first-order valence-corrected chi connectivity index (χ1v) is 13.7. The summed E-state index contributed by atoms with van der Waals surface area (Å²) in [7, 11) is -2.62. The Morgan fingerprint density at radius 2 is 1.51 bits per heavy atom. The van der Waals surface area contributed by atoms with Crippen LogP contribution >= 0.6 is 11.6 Å². The summed E-state index contributed by atoms with van der Waals surface area (Å²) in [5, 5.41) is 3.01. The van der Waals surface area contributed by atoms with Crippen LogP contribution in [0.25, 0.3) is 0 Å². The van der Waals surface area contributed by atoms with Crippen molar-refractivity contribution in [3.63, 3.8) is 0 Å². The lowest BCUT2D eigenvalue weighted by molar-refractivity contribution is -0.139. The van der Waals surface area contributed by atoms with Gasteiger partial charge in [0.15, 0.2) is 0 Å². The van der Waals surface area contributed by atoms with Gasteiger partial charge in [0.05, 0.1) is 10.6 Å². The first-order chi connectivity index (χ1) is 17.4. The number of likely N-dealkylation sites (N-methyl/N-ethyl adjacent to an activating group) is 1. The standard InChI is InChI=1S/C28H32ClN3O4S/c1-19-10-12-25(13-11-19)37(35,36)32(24-15-20(2)14-21(3)16-24)18-27(33)31(22(4)28(34)30-5)17-23-8-6-7-9-26(23)29/h6-16,22H,17-18H2,1-5H3,(H,30,34)/t22-/m0/s1. The number of nitrogens with one attached hydrogen (secondary N) is 1. The van der Waals surface area contributed by atoms with E-state index in [0.717, 1.165) is 21.0 Å². The highest BCUT2D eigenvalue weighted by Crippen LogP contribution is 2.27. The van der Waals surface area contributed by atoms with Gasteiger partial charge in [0.25, 0.3) is 10.0 Å². The van der Waals surface area contributed by atoms with Crippen molar-refractivity contribution < 1.29 is 18.0 Å².